The highest BCUT2D eigenvalue weighted by atomic mass is 16.5. The van der Waals surface area contributed by atoms with Crippen molar-refractivity contribution in [1.82, 2.24) is 10.1 Å². The number of nitrogens with zero attached hydrogens (tertiary/aromatic N) is 2. The molecule has 1 aromatic rings. The molecule has 0 bridgehead atoms. The second-order valence-electron chi connectivity index (χ2n) is 5.05. The van der Waals surface area contributed by atoms with Gasteiger partial charge < -0.3 is 15.0 Å². The molecule has 0 aliphatic heterocycles. The maximum atomic E-state index is 6.09. The van der Waals surface area contributed by atoms with Crippen LogP contribution in [0, 0.1) is 0 Å². The SMILES string of the molecule is CCCCC(CC)c1nc(C(C)(N)COC)no1. The van der Waals surface area contributed by atoms with E-state index in [2.05, 4.69) is 24.0 Å². The summed E-state index contributed by atoms with van der Waals surface area (Å²) in [5, 5.41) is 3.99. The predicted octanol–water partition coefficient (Wildman–Crippen LogP) is 2.57. The van der Waals surface area contributed by atoms with Gasteiger partial charge in [-0.25, -0.2) is 0 Å². The first kappa shape index (κ1) is 15.1. The normalized spacial score (nSPS) is 16.5. The van der Waals surface area contributed by atoms with Crippen LogP contribution in [0.2, 0.25) is 0 Å². The van der Waals surface area contributed by atoms with Crippen molar-refractivity contribution in [3.05, 3.63) is 11.7 Å². The van der Waals surface area contributed by atoms with Crippen LogP contribution in [0.4, 0.5) is 0 Å². The van der Waals surface area contributed by atoms with Crippen LogP contribution >= 0.6 is 0 Å². The Morgan fingerprint density at radius 2 is 2.17 bits per heavy atom. The van der Waals surface area contributed by atoms with Crippen molar-refractivity contribution in [1.29, 1.82) is 0 Å². The van der Waals surface area contributed by atoms with Crippen LogP contribution in [0.15, 0.2) is 4.52 Å². The molecule has 5 nitrogen and oxygen atoms in total. The Morgan fingerprint density at radius 1 is 1.44 bits per heavy atom. The zero-order valence-electron chi connectivity index (χ0n) is 11.9. The summed E-state index contributed by atoms with van der Waals surface area (Å²) in [6.45, 7) is 6.54. The van der Waals surface area contributed by atoms with Gasteiger partial charge in [0.2, 0.25) is 5.89 Å². The van der Waals surface area contributed by atoms with Crippen LogP contribution in [-0.4, -0.2) is 23.9 Å². The average molecular weight is 255 g/mol. The molecule has 0 aliphatic carbocycles. The van der Waals surface area contributed by atoms with Gasteiger partial charge in [0.25, 0.3) is 0 Å². The summed E-state index contributed by atoms with van der Waals surface area (Å²) in [4.78, 5) is 4.44. The van der Waals surface area contributed by atoms with E-state index in [0.717, 1.165) is 12.8 Å². The maximum absolute atomic E-state index is 6.09. The van der Waals surface area contributed by atoms with E-state index in [1.807, 2.05) is 6.92 Å². The largest absolute Gasteiger partial charge is 0.382 e. The molecule has 0 saturated heterocycles. The van der Waals surface area contributed by atoms with Gasteiger partial charge in [0, 0.05) is 13.0 Å². The maximum Gasteiger partial charge on any atom is 0.229 e. The molecule has 0 fully saturated rings. The van der Waals surface area contributed by atoms with Crippen LogP contribution < -0.4 is 5.73 Å². The summed E-state index contributed by atoms with van der Waals surface area (Å²) in [6.07, 6.45) is 4.44. The van der Waals surface area contributed by atoms with E-state index in [1.54, 1.807) is 7.11 Å². The third-order valence-corrected chi connectivity index (χ3v) is 3.14. The monoisotopic (exact) mass is 255 g/mol. The fourth-order valence-corrected chi connectivity index (χ4v) is 1.95. The zero-order chi connectivity index (χ0) is 13.6. The lowest BCUT2D eigenvalue weighted by molar-refractivity contribution is 0.135. The highest BCUT2D eigenvalue weighted by Crippen LogP contribution is 2.25. The van der Waals surface area contributed by atoms with Gasteiger partial charge in [-0.3, -0.25) is 0 Å². The van der Waals surface area contributed by atoms with Gasteiger partial charge in [0.05, 0.1) is 6.61 Å². The minimum atomic E-state index is -0.695. The number of ether oxygens (including phenoxy) is 1. The molecule has 0 amide bonds. The van der Waals surface area contributed by atoms with Crippen LogP contribution in [-0.2, 0) is 10.3 Å². The number of methoxy groups -OCH3 is 1. The van der Waals surface area contributed by atoms with Gasteiger partial charge >= 0.3 is 0 Å². The zero-order valence-corrected chi connectivity index (χ0v) is 11.9. The second kappa shape index (κ2) is 6.85. The second-order valence-corrected chi connectivity index (χ2v) is 5.05. The van der Waals surface area contributed by atoms with E-state index in [1.165, 1.54) is 12.8 Å². The lowest BCUT2D eigenvalue weighted by Crippen LogP contribution is -2.39. The van der Waals surface area contributed by atoms with Crippen molar-refractivity contribution in [3.8, 4) is 0 Å². The predicted molar refractivity (Wildman–Crippen MR) is 70.3 cm³/mol. The molecule has 18 heavy (non-hydrogen) atoms. The van der Waals surface area contributed by atoms with Gasteiger partial charge in [-0.2, -0.15) is 4.98 Å². The number of nitrogens with two attached hydrogens (primary N) is 1. The highest BCUT2D eigenvalue weighted by Gasteiger charge is 2.28. The number of hydrogen-bond donors (Lipinski definition) is 1. The van der Waals surface area contributed by atoms with Crippen LogP contribution in [0.1, 0.15) is 64.1 Å². The molecule has 2 atom stereocenters. The molecular formula is C13H25N3O2. The first-order valence-corrected chi connectivity index (χ1v) is 6.67. The Balaban J connectivity index is 2.77. The van der Waals surface area contributed by atoms with Gasteiger partial charge in [0.15, 0.2) is 5.82 Å². The molecule has 0 radical (unpaired) electrons. The lowest BCUT2D eigenvalue weighted by Gasteiger charge is -2.18. The van der Waals surface area contributed by atoms with Crippen LogP contribution in [0.5, 0.6) is 0 Å². The summed E-state index contributed by atoms with van der Waals surface area (Å²) in [5.74, 6) is 1.56. The van der Waals surface area contributed by atoms with Crippen molar-refractivity contribution < 1.29 is 9.26 Å². The van der Waals surface area contributed by atoms with E-state index in [4.69, 9.17) is 15.0 Å². The van der Waals surface area contributed by atoms with Crippen molar-refractivity contribution in [2.45, 2.75) is 57.9 Å². The average Bonchev–Trinajstić information content (AvgIpc) is 2.80. The van der Waals surface area contributed by atoms with Crippen LogP contribution in [0.25, 0.3) is 0 Å². The van der Waals surface area contributed by atoms with Crippen molar-refractivity contribution in [3.63, 3.8) is 0 Å². The quantitative estimate of drug-likeness (QED) is 0.772. The number of hydrogen-bond acceptors (Lipinski definition) is 5. The van der Waals surface area contributed by atoms with E-state index < -0.39 is 5.54 Å². The molecular weight excluding hydrogens is 230 g/mol. The van der Waals surface area contributed by atoms with Gasteiger partial charge in [-0.1, -0.05) is 31.8 Å². The lowest BCUT2D eigenvalue weighted by atomic mass is 9.99. The molecule has 1 aromatic heterocycles. The first-order chi connectivity index (χ1) is 8.55. The summed E-state index contributed by atoms with van der Waals surface area (Å²) < 4.78 is 10.4. The Morgan fingerprint density at radius 3 is 2.72 bits per heavy atom. The molecule has 0 aromatic carbocycles. The topological polar surface area (TPSA) is 74.2 Å². The van der Waals surface area contributed by atoms with Gasteiger partial charge in [0.1, 0.15) is 5.54 Å². The van der Waals surface area contributed by atoms with Crippen molar-refractivity contribution in [2.24, 2.45) is 5.73 Å². The Labute approximate surface area is 109 Å². The number of unbranched alkanes of at least 4 members (excludes halogenated alkanes) is 1. The van der Waals surface area contributed by atoms with Crippen molar-refractivity contribution in [2.75, 3.05) is 13.7 Å². The van der Waals surface area contributed by atoms with Crippen LogP contribution in [0.3, 0.4) is 0 Å². The van der Waals surface area contributed by atoms with Crippen molar-refractivity contribution >= 4 is 0 Å². The summed E-state index contributed by atoms with van der Waals surface area (Å²) in [6, 6.07) is 0. The number of rotatable bonds is 8. The molecule has 104 valence electrons. The molecule has 0 saturated carbocycles. The summed E-state index contributed by atoms with van der Waals surface area (Å²) >= 11 is 0. The molecule has 1 rings (SSSR count). The van der Waals surface area contributed by atoms with Gasteiger partial charge in [-0.05, 0) is 19.8 Å². The smallest absolute Gasteiger partial charge is 0.229 e. The standard InChI is InChI=1S/C13H25N3O2/c1-5-7-8-10(6-2)11-15-12(16-18-11)13(3,14)9-17-4/h10H,5-9,14H2,1-4H3. The van der Waals surface area contributed by atoms with E-state index >= 15 is 0 Å². The molecule has 1 heterocycles. The summed E-state index contributed by atoms with van der Waals surface area (Å²) in [7, 11) is 1.61. The Kier molecular flexibility index (Phi) is 5.75. The molecule has 0 spiro atoms. The Bertz CT molecular complexity index is 350. The first-order valence-electron chi connectivity index (χ1n) is 6.67. The van der Waals surface area contributed by atoms with E-state index in [0.29, 0.717) is 24.2 Å². The summed E-state index contributed by atoms with van der Waals surface area (Å²) in [5.41, 5.74) is 5.40. The third kappa shape index (κ3) is 3.78. The molecule has 5 heteroatoms. The third-order valence-electron chi connectivity index (χ3n) is 3.14. The minimum absolute atomic E-state index is 0.338. The molecule has 0 aliphatic rings. The fourth-order valence-electron chi connectivity index (χ4n) is 1.95. The minimum Gasteiger partial charge on any atom is -0.382 e. The van der Waals surface area contributed by atoms with Gasteiger partial charge in [-0.15, -0.1) is 0 Å². The molecule has 2 unspecified atom stereocenters. The van der Waals surface area contributed by atoms with E-state index in [-0.39, 0.29) is 0 Å². The number of aromatic nitrogens is 2. The Hall–Kier alpha value is -0.940. The molecule has 2 N–H and O–H groups in total. The highest BCUT2D eigenvalue weighted by molar-refractivity contribution is 5.04. The fraction of sp³-hybridized carbons (Fsp3) is 0.846. The van der Waals surface area contributed by atoms with E-state index in [9.17, 15) is 0 Å².